The van der Waals surface area contributed by atoms with Crippen LogP contribution in [0.3, 0.4) is 0 Å². The van der Waals surface area contributed by atoms with Gasteiger partial charge >= 0.3 is 0 Å². The molecule has 2 aliphatic heterocycles. The summed E-state index contributed by atoms with van der Waals surface area (Å²) in [6.45, 7) is 0.230. The lowest BCUT2D eigenvalue weighted by Gasteiger charge is -2.30. The van der Waals surface area contributed by atoms with Gasteiger partial charge in [0.2, 0.25) is 0 Å². The van der Waals surface area contributed by atoms with Crippen LogP contribution >= 0.6 is 46.4 Å². The minimum Gasteiger partial charge on any atom is -0.274 e. The van der Waals surface area contributed by atoms with Crippen molar-refractivity contribution in [3.8, 4) is 0 Å². The van der Waals surface area contributed by atoms with Crippen molar-refractivity contribution in [2.24, 2.45) is 0 Å². The zero-order chi connectivity index (χ0) is 34.6. The Hall–Kier alpha value is -4.72. The highest BCUT2D eigenvalue weighted by molar-refractivity contribution is 6.41. The Labute approximate surface area is 305 Å². The average Bonchev–Trinajstić information content (AvgIpc) is 3.10. The SMILES string of the molecule is O=C1c2ccc3c4ccc5c6c(ccc(c7ccc(c2c37)C(=O)N1CCc1c(Cl)cccc1Cl)c64)C(=O)N(CCc1c(Cl)cccc1Cl)C5=O. The van der Waals surface area contributed by atoms with E-state index < -0.39 is 0 Å². The Morgan fingerprint density at radius 3 is 0.940 bits per heavy atom. The Morgan fingerprint density at radius 2 is 0.660 bits per heavy atom. The van der Waals surface area contributed by atoms with E-state index in [4.69, 9.17) is 46.4 Å². The van der Waals surface area contributed by atoms with Crippen molar-refractivity contribution in [1.29, 1.82) is 0 Å². The Balaban J connectivity index is 1.15. The van der Waals surface area contributed by atoms with E-state index in [1.54, 1.807) is 60.7 Å². The number of fused-ring (bicyclic) bond motifs is 2. The molecule has 9 rings (SSSR count). The first-order valence-electron chi connectivity index (χ1n) is 15.9. The number of hydrogen-bond donors (Lipinski definition) is 0. The number of amides is 4. The summed E-state index contributed by atoms with van der Waals surface area (Å²) in [4.78, 5) is 58.2. The molecule has 4 amide bonds. The van der Waals surface area contributed by atoms with Crippen LogP contribution in [0.4, 0.5) is 0 Å². The fraction of sp³-hybridized carbons (Fsp3) is 0.100. The molecule has 7 aromatic rings. The highest BCUT2D eigenvalue weighted by atomic mass is 35.5. The molecule has 0 fully saturated rings. The molecule has 50 heavy (non-hydrogen) atoms. The standard InChI is InChI=1S/C40H22Cl4N2O4/c41-29-3-1-4-30(42)23(29)15-17-45-37(47)25-11-7-19-21-9-13-27-36-28(40(50)46(39(27)49)18-16-24-31(43)5-2-6-32(24)44)14-10-22(34(21)36)20-8-12-26(38(45)48)35(25)33(19)20/h1-14H,15-18H2. The van der Waals surface area contributed by atoms with Crippen LogP contribution in [0.1, 0.15) is 52.6 Å². The van der Waals surface area contributed by atoms with Crippen molar-refractivity contribution in [3.05, 3.63) is 138 Å². The molecule has 0 saturated heterocycles. The summed E-state index contributed by atoms with van der Waals surface area (Å²) in [5.41, 5.74) is 3.07. The summed E-state index contributed by atoms with van der Waals surface area (Å²) in [7, 11) is 0. The van der Waals surface area contributed by atoms with Crippen LogP contribution in [0.5, 0.6) is 0 Å². The summed E-state index contributed by atoms with van der Waals surface area (Å²) < 4.78 is 0. The molecule has 0 radical (unpaired) electrons. The lowest BCUT2D eigenvalue weighted by atomic mass is 9.82. The number of halogens is 4. The van der Waals surface area contributed by atoms with Crippen LogP contribution in [0.25, 0.3) is 43.1 Å². The van der Waals surface area contributed by atoms with Gasteiger partial charge in [0.05, 0.1) is 0 Å². The van der Waals surface area contributed by atoms with Gasteiger partial charge in [0.1, 0.15) is 0 Å². The third kappa shape index (κ3) is 4.36. The predicted octanol–water partition coefficient (Wildman–Crippen LogP) is 10.0. The fourth-order valence-corrected chi connectivity index (χ4v) is 8.94. The Kier molecular flexibility index (Phi) is 7.13. The third-order valence-corrected chi connectivity index (χ3v) is 11.5. The number of benzene rings is 7. The molecule has 0 aliphatic carbocycles. The van der Waals surface area contributed by atoms with E-state index in [9.17, 15) is 19.2 Å². The van der Waals surface area contributed by atoms with Gasteiger partial charge in [0, 0.05) is 66.2 Å². The van der Waals surface area contributed by atoms with Gasteiger partial charge in [-0.25, -0.2) is 0 Å². The molecule has 0 atom stereocenters. The molecule has 0 unspecified atom stereocenters. The van der Waals surface area contributed by atoms with E-state index in [0.717, 1.165) is 32.3 Å². The number of rotatable bonds is 6. The molecule has 0 N–H and O–H groups in total. The van der Waals surface area contributed by atoms with Gasteiger partial charge in [0.25, 0.3) is 23.6 Å². The minimum atomic E-state index is -0.389. The van der Waals surface area contributed by atoms with E-state index in [-0.39, 0.29) is 36.7 Å². The fourth-order valence-electron chi connectivity index (χ4n) is 7.76. The number of imide groups is 2. The van der Waals surface area contributed by atoms with Gasteiger partial charge in [-0.2, -0.15) is 0 Å². The number of nitrogens with zero attached hydrogens (tertiary/aromatic N) is 2. The van der Waals surface area contributed by atoms with Gasteiger partial charge in [-0.3, -0.25) is 29.0 Å². The molecule has 0 aromatic heterocycles. The summed E-state index contributed by atoms with van der Waals surface area (Å²) >= 11 is 25.5. The lowest BCUT2D eigenvalue weighted by Crippen LogP contribution is -2.41. The van der Waals surface area contributed by atoms with E-state index in [0.29, 0.717) is 77.1 Å². The van der Waals surface area contributed by atoms with Crippen molar-refractivity contribution in [2.45, 2.75) is 12.8 Å². The maximum atomic E-state index is 13.9. The quantitative estimate of drug-likeness (QED) is 0.0968. The molecular formula is C40H22Cl4N2O4. The van der Waals surface area contributed by atoms with E-state index in [2.05, 4.69) is 0 Å². The molecule has 0 saturated carbocycles. The van der Waals surface area contributed by atoms with Gasteiger partial charge in [0.15, 0.2) is 0 Å². The monoisotopic (exact) mass is 734 g/mol. The van der Waals surface area contributed by atoms with Gasteiger partial charge in [-0.05, 0) is 105 Å². The van der Waals surface area contributed by atoms with Crippen molar-refractivity contribution in [2.75, 3.05) is 13.1 Å². The van der Waals surface area contributed by atoms with Crippen LogP contribution < -0.4 is 0 Å². The summed E-state index contributed by atoms with van der Waals surface area (Å²) in [5.74, 6) is -1.56. The van der Waals surface area contributed by atoms with Gasteiger partial charge in [-0.15, -0.1) is 0 Å². The van der Waals surface area contributed by atoms with Crippen LogP contribution in [0, 0.1) is 0 Å². The summed E-state index contributed by atoms with van der Waals surface area (Å²) in [6, 6.07) is 25.0. The van der Waals surface area contributed by atoms with Crippen molar-refractivity contribution >= 4 is 113 Å². The van der Waals surface area contributed by atoms with Crippen LogP contribution in [0.2, 0.25) is 20.1 Å². The zero-order valence-corrected chi connectivity index (χ0v) is 29.0. The third-order valence-electron chi connectivity index (χ3n) is 10.1. The first-order valence-corrected chi connectivity index (χ1v) is 17.4. The Morgan fingerprint density at radius 1 is 0.380 bits per heavy atom. The molecule has 2 heterocycles. The minimum absolute atomic E-state index is 0.115. The highest BCUT2D eigenvalue weighted by Crippen LogP contribution is 2.46. The van der Waals surface area contributed by atoms with Gasteiger partial charge < -0.3 is 0 Å². The maximum Gasteiger partial charge on any atom is 0.261 e. The molecular weight excluding hydrogens is 714 g/mol. The second-order valence-corrected chi connectivity index (χ2v) is 14.2. The Bertz CT molecular complexity index is 2360. The van der Waals surface area contributed by atoms with E-state index in [1.807, 2.05) is 24.3 Å². The predicted molar refractivity (Wildman–Crippen MR) is 199 cm³/mol. The maximum absolute atomic E-state index is 13.9. The molecule has 0 bridgehead atoms. The average molecular weight is 736 g/mol. The first kappa shape index (κ1) is 31.3. The van der Waals surface area contributed by atoms with Crippen molar-refractivity contribution in [3.63, 3.8) is 0 Å². The molecule has 244 valence electrons. The topological polar surface area (TPSA) is 74.8 Å². The van der Waals surface area contributed by atoms with Crippen molar-refractivity contribution < 1.29 is 19.2 Å². The normalized spacial score (nSPS) is 14.4. The van der Waals surface area contributed by atoms with E-state index >= 15 is 0 Å². The van der Waals surface area contributed by atoms with Gasteiger partial charge in [-0.1, -0.05) is 82.8 Å². The second-order valence-electron chi connectivity index (χ2n) is 12.6. The van der Waals surface area contributed by atoms with Crippen LogP contribution in [0.15, 0.2) is 84.9 Å². The smallest absolute Gasteiger partial charge is 0.261 e. The summed E-state index contributed by atoms with van der Waals surface area (Å²) in [5, 5.41) is 7.97. The largest absolute Gasteiger partial charge is 0.274 e. The molecule has 6 nitrogen and oxygen atoms in total. The zero-order valence-electron chi connectivity index (χ0n) is 26.0. The second kappa shape index (κ2) is 11.4. The molecule has 0 spiro atoms. The first-order chi connectivity index (χ1) is 24.2. The van der Waals surface area contributed by atoms with Crippen molar-refractivity contribution in [1.82, 2.24) is 9.80 Å². The lowest BCUT2D eigenvalue weighted by molar-refractivity contribution is 0.0597. The van der Waals surface area contributed by atoms with Crippen LogP contribution in [-0.4, -0.2) is 46.5 Å². The number of carbonyl (C=O) groups excluding carboxylic acids is 4. The highest BCUT2D eigenvalue weighted by Gasteiger charge is 2.37. The molecule has 2 aliphatic rings. The van der Waals surface area contributed by atoms with Crippen LogP contribution in [-0.2, 0) is 12.8 Å². The summed E-state index contributed by atoms with van der Waals surface area (Å²) in [6.07, 6.45) is 0.626. The molecule has 7 aromatic carbocycles. The van der Waals surface area contributed by atoms with E-state index in [1.165, 1.54) is 9.80 Å². The number of carbonyl (C=O) groups is 4. The number of hydrogen-bond acceptors (Lipinski definition) is 4. The molecule has 10 heteroatoms.